The number of aromatic nitrogens is 4. The molecule has 0 radical (unpaired) electrons. The summed E-state index contributed by atoms with van der Waals surface area (Å²) in [6.07, 6.45) is 0. The first-order valence-electron chi connectivity index (χ1n) is 8.83. The van der Waals surface area contributed by atoms with E-state index in [4.69, 9.17) is 20.8 Å². The summed E-state index contributed by atoms with van der Waals surface area (Å²) in [5.74, 6) is -0.156. The van der Waals surface area contributed by atoms with Gasteiger partial charge in [-0.15, -0.1) is 10.2 Å². The maximum Gasteiger partial charge on any atom is 0.360 e. The molecule has 2 heterocycles. The van der Waals surface area contributed by atoms with Gasteiger partial charge < -0.3 is 9.15 Å². The van der Waals surface area contributed by atoms with Crippen LogP contribution in [0.1, 0.15) is 21.6 Å². The normalized spacial score (nSPS) is 10.9. The van der Waals surface area contributed by atoms with Crippen molar-refractivity contribution < 1.29 is 13.9 Å². The van der Waals surface area contributed by atoms with E-state index in [1.807, 2.05) is 62.4 Å². The van der Waals surface area contributed by atoms with Crippen molar-refractivity contribution in [3.8, 4) is 28.7 Å². The summed E-state index contributed by atoms with van der Waals surface area (Å²) in [6, 6.07) is 15.3. The predicted molar refractivity (Wildman–Crippen MR) is 108 cm³/mol. The Morgan fingerprint density at radius 1 is 1.07 bits per heavy atom. The largest absolute Gasteiger partial charge is 0.464 e. The quantitative estimate of drug-likeness (QED) is 0.457. The highest BCUT2D eigenvalue weighted by molar-refractivity contribution is 6.35. The summed E-state index contributed by atoms with van der Waals surface area (Å²) in [6.45, 7) is 3.91. The zero-order valence-electron chi connectivity index (χ0n) is 16.0. The molecule has 0 spiro atoms. The van der Waals surface area contributed by atoms with Crippen LogP contribution in [0.3, 0.4) is 0 Å². The number of hydrogen-bond donors (Lipinski definition) is 0. The maximum absolute atomic E-state index is 12.2. The minimum atomic E-state index is -0.651. The van der Waals surface area contributed by atoms with Crippen molar-refractivity contribution in [2.75, 3.05) is 7.11 Å². The first kappa shape index (κ1) is 18.9. The Kier molecular flexibility index (Phi) is 4.90. The third-order valence-corrected chi connectivity index (χ3v) is 4.80. The molecule has 0 aliphatic carbocycles. The van der Waals surface area contributed by atoms with Crippen LogP contribution >= 0.6 is 11.6 Å². The van der Waals surface area contributed by atoms with E-state index in [9.17, 15) is 4.79 Å². The topological polar surface area (TPSA) is 83.0 Å². The lowest BCUT2D eigenvalue weighted by atomic mass is 10.1. The molecule has 29 heavy (non-hydrogen) atoms. The van der Waals surface area contributed by atoms with Crippen molar-refractivity contribution >= 4 is 17.6 Å². The highest BCUT2D eigenvalue weighted by Crippen LogP contribution is 2.34. The molecule has 0 aliphatic heterocycles. The maximum atomic E-state index is 12.2. The summed E-state index contributed by atoms with van der Waals surface area (Å²) in [5, 5.41) is 12.7. The van der Waals surface area contributed by atoms with Crippen LogP contribution in [0.25, 0.3) is 28.7 Å². The fourth-order valence-electron chi connectivity index (χ4n) is 3.00. The number of aryl methyl sites for hydroxylation is 2. The molecule has 4 aromatic rings. The Labute approximate surface area is 171 Å². The molecule has 2 aromatic heterocycles. The average molecular weight is 409 g/mol. The van der Waals surface area contributed by atoms with Crippen LogP contribution in [-0.2, 0) is 4.74 Å². The van der Waals surface area contributed by atoms with Gasteiger partial charge in [0.1, 0.15) is 5.02 Å². The average Bonchev–Trinajstić information content (AvgIpc) is 3.32. The summed E-state index contributed by atoms with van der Waals surface area (Å²) in [7, 11) is 1.27. The SMILES string of the molecule is COC(=O)c1nn(-c2ccccc2C)c(-c2nnc(-c3cccc(C)c3)o2)c1Cl. The number of carbonyl (C=O) groups is 1. The molecular weight excluding hydrogens is 392 g/mol. The van der Waals surface area contributed by atoms with Crippen molar-refractivity contribution in [2.24, 2.45) is 0 Å². The van der Waals surface area contributed by atoms with Gasteiger partial charge in [-0.3, -0.25) is 0 Å². The van der Waals surface area contributed by atoms with Gasteiger partial charge in [-0.25, -0.2) is 9.48 Å². The van der Waals surface area contributed by atoms with Crippen molar-refractivity contribution in [1.29, 1.82) is 0 Å². The molecule has 7 nitrogen and oxygen atoms in total. The Bertz CT molecular complexity index is 1210. The molecule has 0 amide bonds. The fraction of sp³-hybridized carbons (Fsp3) is 0.143. The second kappa shape index (κ2) is 7.52. The number of para-hydroxylation sites is 1. The number of nitrogens with zero attached hydrogens (tertiary/aromatic N) is 4. The van der Waals surface area contributed by atoms with Crippen molar-refractivity contribution in [3.05, 3.63) is 70.4 Å². The number of rotatable bonds is 4. The molecule has 0 unspecified atom stereocenters. The lowest BCUT2D eigenvalue weighted by Gasteiger charge is -2.08. The van der Waals surface area contributed by atoms with Gasteiger partial charge in [-0.1, -0.05) is 47.5 Å². The number of benzene rings is 2. The Balaban J connectivity index is 1.90. The second-order valence-corrected chi connectivity index (χ2v) is 6.86. The monoisotopic (exact) mass is 408 g/mol. The lowest BCUT2D eigenvalue weighted by Crippen LogP contribution is -2.05. The van der Waals surface area contributed by atoms with Gasteiger partial charge in [0.2, 0.25) is 5.89 Å². The molecular formula is C21H17ClN4O3. The standard InChI is InChI=1S/C21H17ClN4O3/c1-12-7-6-9-14(11-12)19-23-24-20(29-19)18-16(22)17(21(27)28-3)25-26(18)15-10-5-4-8-13(15)2/h4-11H,1-3H3. The molecule has 146 valence electrons. The Morgan fingerprint density at radius 3 is 2.55 bits per heavy atom. The number of halogens is 1. The van der Waals surface area contributed by atoms with Crippen molar-refractivity contribution in [1.82, 2.24) is 20.0 Å². The number of carbonyl (C=O) groups excluding carboxylic acids is 1. The smallest absolute Gasteiger partial charge is 0.360 e. The lowest BCUT2D eigenvalue weighted by molar-refractivity contribution is 0.0593. The number of esters is 1. The Morgan fingerprint density at radius 2 is 1.83 bits per heavy atom. The molecule has 0 bridgehead atoms. The zero-order chi connectivity index (χ0) is 20.5. The molecule has 4 rings (SSSR count). The van der Waals surface area contributed by atoms with Gasteiger partial charge in [-0.2, -0.15) is 5.10 Å². The summed E-state index contributed by atoms with van der Waals surface area (Å²) < 4.78 is 12.2. The molecule has 0 saturated carbocycles. The van der Waals surface area contributed by atoms with E-state index in [0.29, 0.717) is 11.6 Å². The van der Waals surface area contributed by atoms with Gasteiger partial charge in [0.15, 0.2) is 11.4 Å². The van der Waals surface area contributed by atoms with Gasteiger partial charge in [0.05, 0.1) is 12.8 Å². The highest BCUT2D eigenvalue weighted by atomic mass is 35.5. The van der Waals surface area contributed by atoms with E-state index in [-0.39, 0.29) is 16.6 Å². The van der Waals surface area contributed by atoms with Crippen molar-refractivity contribution in [3.63, 3.8) is 0 Å². The van der Waals surface area contributed by atoms with Crippen LogP contribution in [-0.4, -0.2) is 33.1 Å². The predicted octanol–water partition coefficient (Wildman–Crippen LogP) is 4.65. The molecule has 0 atom stereocenters. The minimum absolute atomic E-state index is 0.0253. The third kappa shape index (κ3) is 3.40. The van der Waals surface area contributed by atoms with Gasteiger partial charge in [-0.05, 0) is 37.6 Å². The zero-order valence-corrected chi connectivity index (χ0v) is 16.8. The van der Waals surface area contributed by atoms with Gasteiger partial charge >= 0.3 is 5.97 Å². The number of ether oxygens (including phenoxy) is 1. The van der Waals surface area contributed by atoms with E-state index in [1.54, 1.807) is 0 Å². The van der Waals surface area contributed by atoms with Crippen LogP contribution in [0.15, 0.2) is 52.9 Å². The molecule has 0 saturated heterocycles. The molecule has 0 aliphatic rings. The number of methoxy groups -OCH3 is 1. The summed E-state index contributed by atoms with van der Waals surface area (Å²) in [5.41, 5.74) is 3.82. The Hall–Kier alpha value is -3.45. The molecule has 2 aromatic carbocycles. The van der Waals surface area contributed by atoms with E-state index >= 15 is 0 Å². The molecule has 0 fully saturated rings. The van der Waals surface area contributed by atoms with Gasteiger partial charge in [0.25, 0.3) is 5.89 Å². The summed E-state index contributed by atoms with van der Waals surface area (Å²) in [4.78, 5) is 12.2. The second-order valence-electron chi connectivity index (χ2n) is 6.48. The number of hydrogen-bond acceptors (Lipinski definition) is 6. The first-order chi connectivity index (χ1) is 14.0. The van der Waals surface area contributed by atoms with Crippen LogP contribution in [0.4, 0.5) is 0 Å². The molecule has 0 N–H and O–H groups in total. The third-order valence-electron chi connectivity index (χ3n) is 4.44. The van der Waals surface area contributed by atoms with Crippen LogP contribution < -0.4 is 0 Å². The van der Waals surface area contributed by atoms with E-state index in [2.05, 4.69) is 15.3 Å². The van der Waals surface area contributed by atoms with E-state index in [1.165, 1.54) is 11.8 Å². The molecule has 8 heteroatoms. The van der Waals surface area contributed by atoms with Crippen LogP contribution in [0.5, 0.6) is 0 Å². The minimum Gasteiger partial charge on any atom is -0.464 e. The van der Waals surface area contributed by atoms with Crippen LogP contribution in [0.2, 0.25) is 5.02 Å². The highest BCUT2D eigenvalue weighted by Gasteiger charge is 2.28. The fourth-order valence-corrected chi connectivity index (χ4v) is 3.28. The van der Waals surface area contributed by atoms with Crippen molar-refractivity contribution in [2.45, 2.75) is 13.8 Å². The van der Waals surface area contributed by atoms with Gasteiger partial charge in [0, 0.05) is 5.56 Å². The van der Waals surface area contributed by atoms with Crippen LogP contribution in [0, 0.1) is 13.8 Å². The summed E-state index contributed by atoms with van der Waals surface area (Å²) >= 11 is 6.51. The first-order valence-corrected chi connectivity index (χ1v) is 9.21. The van der Waals surface area contributed by atoms with E-state index in [0.717, 1.165) is 22.4 Å². The van der Waals surface area contributed by atoms with E-state index < -0.39 is 5.97 Å².